The fourth-order valence-electron chi connectivity index (χ4n) is 16.7. The summed E-state index contributed by atoms with van der Waals surface area (Å²) in [6.07, 6.45) is 0. The van der Waals surface area contributed by atoms with E-state index in [0.29, 0.717) is 0 Å². The van der Waals surface area contributed by atoms with E-state index in [4.69, 9.17) is 0 Å². The predicted molar refractivity (Wildman–Crippen MR) is 440 cm³/mol. The van der Waals surface area contributed by atoms with Crippen molar-refractivity contribution in [2.45, 2.75) is 78.6 Å². The van der Waals surface area contributed by atoms with Crippen molar-refractivity contribution < 1.29 is 0 Å². The number of fused-ring (bicyclic) bond motifs is 13. The predicted octanol–water partition coefficient (Wildman–Crippen LogP) is 24.9. The number of hydrogen-bond donors (Lipinski definition) is 0. The highest BCUT2D eigenvalue weighted by atomic mass is 32.1. The van der Waals surface area contributed by atoms with E-state index in [9.17, 15) is 0 Å². The number of anilines is 6. The first-order valence-corrected chi connectivity index (χ1v) is 36.8. The van der Waals surface area contributed by atoms with E-state index in [1.807, 2.05) is 11.3 Å². The van der Waals surface area contributed by atoms with Gasteiger partial charge in [-0.1, -0.05) is 275 Å². The molecular formula is C96H77BN4S. The van der Waals surface area contributed by atoms with Gasteiger partial charge in [-0.2, -0.15) is 0 Å². The van der Waals surface area contributed by atoms with Crippen LogP contribution in [0.15, 0.2) is 303 Å². The van der Waals surface area contributed by atoms with Crippen LogP contribution in [0.3, 0.4) is 0 Å². The normalized spacial score (nSPS) is 13.1. The second-order valence-electron chi connectivity index (χ2n) is 31.3. The Morgan fingerprint density at radius 2 is 0.745 bits per heavy atom. The van der Waals surface area contributed by atoms with E-state index in [1.54, 1.807) is 0 Å². The van der Waals surface area contributed by atoms with Gasteiger partial charge in [0.05, 0.1) is 38.1 Å². The Morgan fingerprint density at radius 3 is 1.33 bits per heavy atom. The van der Waals surface area contributed by atoms with Crippen LogP contribution in [0.4, 0.5) is 34.1 Å². The molecule has 4 nitrogen and oxygen atoms in total. The van der Waals surface area contributed by atoms with Crippen LogP contribution in [-0.2, 0) is 16.2 Å². The van der Waals surface area contributed by atoms with Gasteiger partial charge >= 0.3 is 0 Å². The lowest BCUT2D eigenvalue weighted by Crippen LogP contribution is -2.61. The van der Waals surface area contributed by atoms with E-state index < -0.39 is 0 Å². The molecule has 0 saturated heterocycles. The van der Waals surface area contributed by atoms with E-state index in [1.165, 1.54) is 125 Å². The molecule has 0 radical (unpaired) electrons. The van der Waals surface area contributed by atoms with Gasteiger partial charge in [-0.15, -0.1) is 11.3 Å². The molecule has 490 valence electrons. The summed E-state index contributed by atoms with van der Waals surface area (Å²) in [5.74, 6) is 0. The third-order valence-electron chi connectivity index (χ3n) is 21.9. The van der Waals surface area contributed by atoms with Gasteiger partial charge < -0.3 is 18.9 Å². The van der Waals surface area contributed by atoms with Crippen molar-refractivity contribution in [2.75, 3.05) is 9.80 Å². The van der Waals surface area contributed by atoms with Crippen LogP contribution in [0.1, 0.15) is 79.0 Å². The maximum absolute atomic E-state index is 2.73. The Kier molecular flexibility index (Phi) is 13.9. The summed E-state index contributed by atoms with van der Waals surface area (Å²) in [6.45, 7) is 21.1. The second kappa shape index (κ2) is 23.1. The zero-order valence-corrected chi connectivity index (χ0v) is 60.0. The first-order chi connectivity index (χ1) is 49.5. The number of para-hydroxylation sites is 3. The molecule has 0 unspecified atom stereocenters. The fourth-order valence-corrected chi connectivity index (χ4v) is 17.9. The number of thiophene rings is 1. The van der Waals surface area contributed by atoms with Crippen molar-refractivity contribution >= 4 is 132 Å². The highest BCUT2D eigenvalue weighted by Crippen LogP contribution is 2.55. The van der Waals surface area contributed by atoms with Crippen molar-refractivity contribution in [3.8, 4) is 55.9 Å². The molecule has 0 N–H and O–H groups in total. The highest BCUT2D eigenvalue weighted by Gasteiger charge is 2.46. The van der Waals surface area contributed by atoms with E-state index in [-0.39, 0.29) is 23.0 Å². The minimum atomic E-state index is -0.290. The number of hydrogen-bond acceptors (Lipinski definition) is 3. The van der Waals surface area contributed by atoms with Gasteiger partial charge in [-0.05, 0) is 174 Å². The SMILES string of the molecule is CC(C)(C)c1cc(-c2ccc3c(c2)N(c2cccc4c2sc2ccccc24)c2cc(C(C)(C)C)cc4c2B3c2ccc(-n3c5ccccc5c5cc6c7ccccc7n(-c7ccccc7)c6cc53)cc2N4c2c(-c3ccccc3)cc(-c3ccccc3)cc2-c2ccccc2)cc(C(C)(C)C)c1. The largest absolute Gasteiger partial charge is 0.310 e. The number of nitrogens with zero attached hydrogens (tertiary/aromatic N) is 4. The van der Waals surface area contributed by atoms with Crippen LogP contribution in [-0.4, -0.2) is 15.8 Å². The molecular weight excluding hydrogens is 1250 g/mol. The van der Waals surface area contributed by atoms with Crippen LogP contribution in [0.5, 0.6) is 0 Å². The van der Waals surface area contributed by atoms with Gasteiger partial charge in [-0.3, -0.25) is 0 Å². The molecule has 0 aliphatic carbocycles. The molecule has 0 atom stereocenters. The van der Waals surface area contributed by atoms with E-state index >= 15 is 0 Å². The molecule has 17 aromatic rings. The molecule has 102 heavy (non-hydrogen) atoms. The number of aromatic nitrogens is 2. The minimum Gasteiger partial charge on any atom is -0.310 e. The second-order valence-corrected chi connectivity index (χ2v) is 32.3. The summed E-state index contributed by atoms with van der Waals surface area (Å²) in [7, 11) is 0. The zero-order chi connectivity index (χ0) is 69.1. The van der Waals surface area contributed by atoms with Crippen molar-refractivity contribution in [2.24, 2.45) is 0 Å². The van der Waals surface area contributed by atoms with E-state index in [0.717, 1.165) is 61.6 Å². The molecule has 2 aliphatic heterocycles. The lowest BCUT2D eigenvalue weighted by Gasteiger charge is -2.46. The third kappa shape index (κ3) is 9.78. The van der Waals surface area contributed by atoms with Crippen LogP contribution in [0.25, 0.3) is 120 Å². The van der Waals surface area contributed by atoms with Gasteiger partial charge in [0, 0.05) is 82.3 Å². The smallest absolute Gasteiger partial charge is 0.252 e. The Labute approximate surface area is 601 Å². The summed E-state index contributed by atoms with van der Waals surface area (Å²) in [5.41, 5.74) is 30.5. The van der Waals surface area contributed by atoms with Gasteiger partial charge in [0.15, 0.2) is 0 Å². The summed E-state index contributed by atoms with van der Waals surface area (Å²) >= 11 is 1.91. The first-order valence-electron chi connectivity index (χ1n) is 36.0. The first kappa shape index (κ1) is 61.6. The Hall–Kier alpha value is -11.4. The van der Waals surface area contributed by atoms with Crippen molar-refractivity contribution in [1.82, 2.24) is 9.13 Å². The maximum atomic E-state index is 2.73. The van der Waals surface area contributed by atoms with Gasteiger partial charge in [0.1, 0.15) is 0 Å². The van der Waals surface area contributed by atoms with E-state index in [2.05, 4.69) is 385 Å². The van der Waals surface area contributed by atoms with Crippen molar-refractivity contribution in [3.63, 3.8) is 0 Å². The molecule has 5 heterocycles. The topological polar surface area (TPSA) is 16.3 Å². The van der Waals surface area contributed by atoms with Crippen LogP contribution in [0, 0.1) is 0 Å². The quantitative estimate of drug-likeness (QED) is 0.141. The number of rotatable bonds is 8. The molecule has 0 saturated carbocycles. The Morgan fingerprint density at radius 1 is 0.275 bits per heavy atom. The summed E-state index contributed by atoms with van der Waals surface area (Å²) in [6, 6.07) is 116. The van der Waals surface area contributed by atoms with Gasteiger partial charge in [-0.25, -0.2) is 0 Å². The Balaban J connectivity index is 0.966. The fraction of sp³-hybridized carbons (Fsp3) is 0.125. The highest BCUT2D eigenvalue weighted by molar-refractivity contribution is 7.26. The molecule has 2 aliphatic rings. The number of benzene rings is 14. The molecule has 19 rings (SSSR count). The summed E-state index contributed by atoms with van der Waals surface area (Å²) in [5, 5.41) is 7.46. The monoisotopic (exact) mass is 1330 g/mol. The van der Waals surface area contributed by atoms with Crippen LogP contribution < -0.4 is 26.2 Å². The zero-order valence-electron chi connectivity index (χ0n) is 59.1. The molecule has 6 heteroatoms. The molecule has 0 fully saturated rings. The van der Waals surface area contributed by atoms with Gasteiger partial charge in [0.2, 0.25) is 0 Å². The molecule has 14 aromatic carbocycles. The average Bonchev–Trinajstić information content (AvgIpc) is 0.691. The average molecular weight is 1330 g/mol. The third-order valence-corrected chi connectivity index (χ3v) is 23.1. The van der Waals surface area contributed by atoms with Crippen LogP contribution in [0.2, 0.25) is 0 Å². The standard InChI is InChI=1S/C96H77BN4S/c1-94(2,3)66-49-64(50-67(54-66)95(4,5)6)63-45-47-79-86(53-63)100(83-43-28-40-74-73-39-24-27-44-90(73)102-93(74)83)88-55-68(96(7,8)9)56-89-91(88)97(79)80-48-46-70(99-82-42-26-23-38-72(82)78-58-77-71-37-22-25-41-81(71)98(84(77)59-85(78)99)69-35-20-13-21-36-69)57-87(80)101(89)92-75(61-31-16-11-17-32-61)51-65(60-29-14-10-15-30-60)52-76(92)62-33-18-12-19-34-62/h10-59H,1-9H3. The van der Waals surface area contributed by atoms with Crippen LogP contribution >= 0.6 is 11.3 Å². The van der Waals surface area contributed by atoms with Gasteiger partial charge in [0.25, 0.3) is 6.71 Å². The Bertz CT molecular complexity index is 6160. The van der Waals surface area contributed by atoms with Crippen molar-refractivity contribution in [3.05, 3.63) is 320 Å². The molecule has 0 bridgehead atoms. The lowest BCUT2D eigenvalue weighted by atomic mass is 9.33. The molecule has 3 aromatic heterocycles. The van der Waals surface area contributed by atoms with Crippen molar-refractivity contribution in [1.29, 1.82) is 0 Å². The summed E-state index contributed by atoms with van der Waals surface area (Å²) < 4.78 is 7.57. The molecule has 0 amide bonds. The lowest BCUT2D eigenvalue weighted by molar-refractivity contribution is 0.569. The maximum Gasteiger partial charge on any atom is 0.252 e. The summed E-state index contributed by atoms with van der Waals surface area (Å²) in [4.78, 5) is 5.42. The molecule has 0 spiro atoms. The minimum absolute atomic E-state index is 0.0709.